The zero-order valence-corrected chi connectivity index (χ0v) is 11.4. The Labute approximate surface area is 100 Å². The van der Waals surface area contributed by atoms with Gasteiger partial charge in [0, 0.05) is 13.6 Å². The molecule has 0 saturated carbocycles. The van der Waals surface area contributed by atoms with Gasteiger partial charge in [0.2, 0.25) is 5.91 Å². The molecule has 3 heteroatoms. The highest BCUT2D eigenvalue weighted by molar-refractivity contribution is 5.81. The fourth-order valence-corrected chi connectivity index (χ4v) is 1.67. The van der Waals surface area contributed by atoms with E-state index < -0.39 is 0 Å². The van der Waals surface area contributed by atoms with Gasteiger partial charge in [-0.2, -0.15) is 0 Å². The molecule has 0 aromatic carbocycles. The lowest BCUT2D eigenvalue weighted by Crippen LogP contribution is -2.42. The van der Waals surface area contributed by atoms with Crippen molar-refractivity contribution >= 4 is 5.91 Å². The first kappa shape index (κ1) is 15.4. The van der Waals surface area contributed by atoms with Gasteiger partial charge in [0.1, 0.15) is 0 Å². The molecule has 3 nitrogen and oxygen atoms in total. The van der Waals surface area contributed by atoms with Gasteiger partial charge >= 0.3 is 0 Å². The van der Waals surface area contributed by atoms with Crippen molar-refractivity contribution < 1.29 is 4.79 Å². The molecule has 1 amide bonds. The molecule has 0 saturated heterocycles. The van der Waals surface area contributed by atoms with Crippen LogP contribution in [0.15, 0.2) is 0 Å². The lowest BCUT2D eigenvalue weighted by Gasteiger charge is -2.22. The summed E-state index contributed by atoms with van der Waals surface area (Å²) in [5.41, 5.74) is -0.307. The van der Waals surface area contributed by atoms with Crippen molar-refractivity contribution in [3.05, 3.63) is 0 Å². The Kier molecular flexibility index (Phi) is 8.26. The topological polar surface area (TPSA) is 41.1 Å². The summed E-state index contributed by atoms with van der Waals surface area (Å²) < 4.78 is 0. The van der Waals surface area contributed by atoms with Crippen LogP contribution in [0.25, 0.3) is 0 Å². The molecule has 0 rings (SSSR count). The molecule has 0 aliphatic heterocycles. The van der Waals surface area contributed by atoms with Crippen LogP contribution in [0.2, 0.25) is 0 Å². The summed E-state index contributed by atoms with van der Waals surface area (Å²) in [4.78, 5) is 11.5. The predicted octanol–water partition coefficient (Wildman–Crippen LogP) is 2.32. The minimum atomic E-state index is -0.307. The van der Waals surface area contributed by atoms with E-state index in [-0.39, 0.29) is 11.3 Å². The van der Waals surface area contributed by atoms with Crippen molar-refractivity contribution in [1.82, 2.24) is 10.6 Å². The van der Waals surface area contributed by atoms with Gasteiger partial charge in [-0.05, 0) is 26.8 Å². The van der Waals surface area contributed by atoms with E-state index in [1.54, 1.807) is 7.05 Å². The third kappa shape index (κ3) is 6.83. The van der Waals surface area contributed by atoms with Crippen molar-refractivity contribution in [2.75, 3.05) is 20.1 Å². The summed E-state index contributed by atoms with van der Waals surface area (Å²) in [5, 5.41) is 6.05. The number of amides is 1. The lowest BCUT2D eigenvalue weighted by atomic mass is 9.92. The maximum Gasteiger partial charge on any atom is 0.226 e. The maximum atomic E-state index is 11.5. The van der Waals surface area contributed by atoms with E-state index in [2.05, 4.69) is 17.6 Å². The molecule has 0 unspecified atom stereocenters. The van der Waals surface area contributed by atoms with Crippen LogP contribution in [0, 0.1) is 5.41 Å². The van der Waals surface area contributed by atoms with E-state index in [1.807, 2.05) is 13.8 Å². The maximum absolute atomic E-state index is 11.5. The van der Waals surface area contributed by atoms with Gasteiger partial charge in [0.15, 0.2) is 0 Å². The van der Waals surface area contributed by atoms with E-state index in [1.165, 1.54) is 32.1 Å². The zero-order chi connectivity index (χ0) is 12.4. The highest BCUT2D eigenvalue weighted by Crippen LogP contribution is 2.13. The van der Waals surface area contributed by atoms with Crippen LogP contribution in [0.4, 0.5) is 0 Å². The molecule has 96 valence electrons. The fourth-order valence-electron chi connectivity index (χ4n) is 1.67. The van der Waals surface area contributed by atoms with E-state index in [4.69, 9.17) is 0 Å². The highest BCUT2D eigenvalue weighted by Gasteiger charge is 2.25. The van der Waals surface area contributed by atoms with Gasteiger partial charge in [-0.3, -0.25) is 4.79 Å². The van der Waals surface area contributed by atoms with E-state index in [0.717, 1.165) is 13.1 Å². The largest absolute Gasteiger partial charge is 0.359 e. The molecule has 0 heterocycles. The van der Waals surface area contributed by atoms with Gasteiger partial charge in [0.25, 0.3) is 0 Å². The van der Waals surface area contributed by atoms with E-state index in [9.17, 15) is 4.79 Å². The lowest BCUT2D eigenvalue weighted by molar-refractivity contribution is -0.128. The number of rotatable bonds is 9. The van der Waals surface area contributed by atoms with Crippen LogP contribution in [-0.4, -0.2) is 26.0 Å². The predicted molar refractivity (Wildman–Crippen MR) is 69.5 cm³/mol. The Balaban J connectivity index is 3.47. The minimum Gasteiger partial charge on any atom is -0.359 e. The first-order valence-electron chi connectivity index (χ1n) is 6.47. The summed E-state index contributed by atoms with van der Waals surface area (Å²) in [6, 6.07) is 0. The first-order valence-corrected chi connectivity index (χ1v) is 6.47. The van der Waals surface area contributed by atoms with Crippen molar-refractivity contribution in [2.45, 2.75) is 52.9 Å². The molecule has 0 aromatic heterocycles. The molecular weight excluding hydrogens is 200 g/mol. The summed E-state index contributed by atoms with van der Waals surface area (Å²) in [6.45, 7) is 7.93. The van der Waals surface area contributed by atoms with Crippen LogP contribution in [0.5, 0.6) is 0 Å². The number of hydrogen-bond donors (Lipinski definition) is 2. The second kappa shape index (κ2) is 8.57. The van der Waals surface area contributed by atoms with Crippen molar-refractivity contribution in [2.24, 2.45) is 5.41 Å². The number of nitrogens with one attached hydrogen (secondary N) is 2. The average molecular weight is 228 g/mol. The fraction of sp³-hybridized carbons (Fsp3) is 0.923. The normalized spacial score (nSPS) is 11.5. The molecule has 0 atom stereocenters. The summed E-state index contributed by atoms with van der Waals surface area (Å²) in [5.74, 6) is 0.103. The molecule has 0 aliphatic carbocycles. The molecule has 0 bridgehead atoms. The molecule has 0 fully saturated rings. The Morgan fingerprint density at radius 1 is 1.12 bits per heavy atom. The second-order valence-corrected chi connectivity index (χ2v) is 5.05. The third-order valence-corrected chi connectivity index (χ3v) is 2.87. The van der Waals surface area contributed by atoms with E-state index in [0.29, 0.717) is 0 Å². The molecule has 0 aromatic rings. The quantitative estimate of drug-likeness (QED) is 0.595. The van der Waals surface area contributed by atoms with Crippen molar-refractivity contribution in [3.63, 3.8) is 0 Å². The summed E-state index contributed by atoms with van der Waals surface area (Å²) in [6.07, 6.45) is 6.46. The van der Waals surface area contributed by atoms with Gasteiger partial charge < -0.3 is 10.6 Å². The zero-order valence-electron chi connectivity index (χ0n) is 11.4. The van der Waals surface area contributed by atoms with Crippen LogP contribution in [0.3, 0.4) is 0 Å². The molecule has 0 aliphatic rings. The number of hydrogen-bond acceptors (Lipinski definition) is 2. The summed E-state index contributed by atoms with van der Waals surface area (Å²) in [7, 11) is 1.69. The summed E-state index contributed by atoms with van der Waals surface area (Å²) >= 11 is 0. The van der Waals surface area contributed by atoms with E-state index >= 15 is 0 Å². The highest BCUT2D eigenvalue weighted by atomic mass is 16.2. The Bertz CT molecular complexity index is 190. The van der Waals surface area contributed by atoms with Crippen LogP contribution in [-0.2, 0) is 4.79 Å². The Hall–Kier alpha value is -0.570. The smallest absolute Gasteiger partial charge is 0.226 e. The third-order valence-electron chi connectivity index (χ3n) is 2.87. The Morgan fingerprint density at radius 3 is 2.31 bits per heavy atom. The average Bonchev–Trinajstić information content (AvgIpc) is 2.26. The first-order chi connectivity index (χ1) is 7.54. The molecular formula is C13H28N2O. The van der Waals surface area contributed by atoms with Crippen LogP contribution < -0.4 is 10.6 Å². The van der Waals surface area contributed by atoms with Gasteiger partial charge in [-0.25, -0.2) is 0 Å². The monoisotopic (exact) mass is 228 g/mol. The van der Waals surface area contributed by atoms with Crippen LogP contribution >= 0.6 is 0 Å². The van der Waals surface area contributed by atoms with Gasteiger partial charge in [0.05, 0.1) is 5.41 Å². The minimum absolute atomic E-state index is 0.103. The van der Waals surface area contributed by atoms with Gasteiger partial charge in [-0.15, -0.1) is 0 Å². The molecule has 0 radical (unpaired) electrons. The SMILES string of the molecule is CCCCCCCNCC(C)(C)C(=O)NC. The number of carbonyl (C=O) groups excluding carboxylic acids is 1. The van der Waals surface area contributed by atoms with Gasteiger partial charge in [-0.1, -0.05) is 32.6 Å². The van der Waals surface area contributed by atoms with Crippen molar-refractivity contribution in [3.8, 4) is 0 Å². The molecule has 2 N–H and O–H groups in total. The van der Waals surface area contributed by atoms with Crippen LogP contribution in [0.1, 0.15) is 52.9 Å². The number of carbonyl (C=O) groups is 1. The number of unbranched alkanes of at least 4 members (excludes halogenated alkanes) is 4. The molecule has 16 heavy (non-hydrogen) atoms. The molecule has 0 spiro atoms. The standard InChI is InChI=1S/C13H28N2O/c1-5-6-7-8-9-10-15-11-13(2,3)12(16)14-4/h15H,5-11H2,1-4H3,(H,14,16). The van der Waals surface area contributed by atoms with Crippen molar-refractivity contribution in [1.29, 1.82) is 0 Å². The Morgan fingerprint density at radius 2 is 1.75 bits per heavy atom. The second-order valence-electron chi connectivity index (χ2n) is 5.05.